The summed E-state index contributed by atoms with van der Waals surface area (Å²) in [5.74, 6) is -1.81. The normalized spacial score (nSPS) is 17.3. The van der Waals surface area contributed by atoms with Crippen molar-refractivity contribution in [2.24, 2.45) is 10.2 Å². The fourth-order valence-electron chi connectivity index (χ4n) is 2.83. The lowest BCUT2D eigenvalue weighted by Crippen LogP contribution is -2.26. The van der Waals surface area contributed by atoms with Gasteiger partial charge in [0.05, 0.1) is 24.3 Å². The summed E-state index contributed by atoms with van der Waals surface area (Å²) in [6.07, 6.45) is 1.09. The predicted octanol–water partition coefficient (Wildman–Crippen LogP) is 3.32. The first-order valence-corrected chi connectivity index (χ1v) is 10.4. The summed E-state index contributed by atoms with van der Waals surface area (Å²) in [7, 11) is 0. The molecule has 0 spiro atoms. The first kappa shape index (κ1) is 22.2. The smallest absolute Gasteiger partial charge is 0.338 e. The second kappa shape index (κ2) is 10.0. The Hall–Kier alpha value is -3.46. The molecule has 0 aromatic heterocycles. The summed E-state index contributed by atoms with van der Waals surface area (Å²) in [5, 5.41) is 18.9. The van der Waals surface area contributed by atoms with Gasteiger partial charge in [0.15, 0.2) is 5.17 Å². The highest BCUT2D eigenvalue weighted by Crippen LogP contribution is 2.24. The van der Waals surface area contributed by atoms with E-state index in [4.69, 9.17) is 9.84 Å². The van der Waals surface area contributed by atoms with Gasteiger partial charge in [-0.15, -0.1) is 5.10 Å². The Labute approximate surface area is 183 Å². The number of amidine groups is 1. The summed E-state index contributed by atoms with van der Waals surface area (Å²) in [6.45, 7) is 3.60. The number of thioether (sulfide) groups is 1. The van der Waals surface area contributed by atoms with Gasteiger partial charge in [0.25, 0.3) is 0 Å². The number of nitrogens with one attached hydrogen (secondary N) is 1. The van der Waals surface area contributed by atoms with Crippen LogP contribution in [0.3, 0.4) is 0 Å². The Morgan fingerprint density at radius 2 is 1.90 bits per heavy atom. The molecule has 160 valence electrons. The lowest BCUT2D eigenvalue weighted by molar-refractivity contribution is -0.138. The van der Waals surface area contributed by atoms with E-state index in [1.165, 1.54) is 0 Å². The Kier molecular flexibility index (Phi) is 7.19. The molecule has 0 bridgehead atoms. The van der Waals surface area contributed by atoms with Crippen molar-refractivity contribution in [3.63, 3.8) is 0 Å². The number of carbonyl (C=O) groups excluding carboxylic acids is 2. The topological polar surface area (TPSA) is 117 Å². The molecule has 1 fully saturated rings. The van der Waals surface area contributed by atoms with Crippen LogP contribution in [0.15, 0.2) is 58.7 Å². The third-order valence-electron chi connectivity index (χ3n) is 4.22. The van der Waals surface area contributed by atoms with Crippen molar-refractivity contribution < 1.29 is 24.2 Å². The molecule has 1 unspecified atom stereocenters. The number of esters is 1. The molecule has 2 aromatic carbocycles. The van der Waals surface area contributed by atoms with E-state index in [2.05, 4.69) is 15.5 Å². The van der Waals surface area contributed by atoms with Gasteiger partial charge in [0.1, 0.15) is 5.25 Å². The van der Waals surface area contributed by atoms with E-state index < -0.39 is 17.1 Å². The Bertz CT molecular complexity index is 1050. The first-order valence-electron chi connectivity index (χ1n) is 9.54. The van der Waals surface area contributed by atoms with Gasteiger partial charge in [-0.1, -0.05) is 48.2 Å². The quantitative estimate of drug-likeness (QED) is 0.388. The van der Waals surface area contributed by atoms with Crippen molar-refractivity contribution >= 4 is 41.0 Å². The van der Waals surface area contributed by atoms with Crippen LogP contribution in [0.2, 0.25) is 0 Å². The lowest BCUT2D eigenvalue weighted by atomic mass is 9.99. The maximum atomic E-state index is 12.0. The van der Waals surface area contributed by atoms with Crippen molar-refractivity contribution in [1.29, 1.82) is 0 Å². The molecule has 31 heavy (non-hydrogen) atoms. The molecule has 2 N–H and O–H groups in total. The van der Waals surface area contributed by atoms with Crippen LogP contribution in [-0.4, -0.2) is 45.7 Å². The SMILES string of the molecule is CC(C)OC(=O)c1ccc(-c2ccccc2C=NN=C2NC(=O)C(CC(=O)O)S2)cc1. The monoisotopic (exact) mass is 439 g/mol. The average Bonchev–Trinajstić information content (AvgIpc) is 3.06. The predicted molar refractivity (Wildman–Crippen MR) is 119 cm³/mol. The zero-order chi connectivity index (χ0) is 22.4. The van der Waals surface area contributed by atoms with Crippen LogP contribution in [-0.2, 0) is 14.3 Å². The second-order valence-electron chi connectivity index (χ2n) is 6.96. The van der Waals surface area contributed by atoms with Gasteiger partial charge in [-0.3, -0.25) is 9.59 Å². The standard InChI is InChI=1S/C22H21N3O5S/c1-13(2)30-21(29)15-9-7-14(8-10-15)17-6-4-3-5-16(17)12-23-25-22-24-20(28)18(31-22)11-19(26)27/h3-10,12-13,18H,11H2,1-2H3,(H,26,27)(H,24,25,28). The Morgan fingerprint density at radius 1 is 1.19 bits per heavy atom. The highest BCUT2D eigenvalue weighted by atomic mass is 32.2. The number of carboxylic acids is 1. The zero-order valence-electron chi connectivity index (χ0n) is 16.9. The maximum absolute atomic E-state index is 12.0. The molecule has 1 aliphatic heterocycles. The molecule has 1 amide bonds. The second-order valence-corrected chi connectivity index (χ2v) is 8.15. The van der Waals surface area contributed by atoms with Gasteiger partial charge in [-0.2, -0.15) is 5.10 Å². The molecule has 3 rings (SSSR count). The minimum absolute atomic E-state index is 0.187. The van der Waals surface area contributed by atoms with Crippen molar-refractivity contribution in [2.75, 3.05) is 0 Å². The molecule has 1 atom stereocenters. The summed E-state index contributed by atoms with van der Waals surface area (Å²) < 4.78 is 5.20. The molecule has 2 aromatic rings. The summed E-state index contributed by atoms with van der Waals surface area (Å²) >= 11 is 1.04. The number of benzene rings is 2. The Morgan fingerprint density at radius 3 is 2.58 bits per heavy atom. The van der Waals surface area contributed by atoms with Gasteiger partial charge in [0.2, 0.25) is 5.91 Å². The van der Waals surface area contributed by atoms with Crippen LogP contribution in [0.4, 0.5) is 0 Å². The molecule has 1 heterocycles. The molecule has 0 radical (unpaired) electrons. The number of carboxylic acid groups (broad SMARTS) is 1. The number of ether oxygens (including phenoxy) is 1. The van der Waals surface area contributed by atoms with Crippen LogP contribution in [0.5, 0.6) is 0 Å². The highest BCUT2D eigenvalue weighted by Gasteiger charge is 2.32. The third kappa shape index (κ3) is 6.02. The zero-order valence-corrected chi connectivity index (χ0v) is 17.8. The van der Waals surface area contributed by atoms with E-state index >= 15 is 0 Å². The van der Waals surface area contributed by atoms with Crippen molar-refractivity contribution in [1.82, 2.24) is 5.32 Å². The van der Waals surface area contributed by atoms with E-state index in [0.29, 0.717) is 5.56 Å². The number of aliphatic carboxylic acids is 1. The van der Waals surface area contributed by atoms with E-state index in [0.717, 1.165) is 28.5 Å². The molecular formula is C22H21N3O5S. The van der Waals surface area contributed by atoms with E-state index in [1.807, 2.05) is 36.4 Å². The van der Waals surface area contributed by atoms with Crippen molar-refractivity contribution in [2.45, 2.75) is 31.6 Å². The molecule has 8 nitrogen and oxygen atoms in total. The number of amides is 1. The number of nitrogens with zero attached hydrogens (tertiary/aromatic N) is 2. The summed E-state index contributed by atoms with van der Waals surface area (Å²) in [4.78, 5) is 34.6. The van der Waals surface area contributed by atoms with Gasteiger partial charge in [-0.25, -0.2) is 4.79 Å². The number of hydrogen-bond donors (Lipinski definition) is 2. The number of hydrogen-bond acceptors (Lipinski definition) is 7. The van der Waals surface area contributed by atoms with E-state index in [9.17, 15) is 14.4 Å². The van der Waals surface area contributed by atoms with Crippen molar-refractivity contribution in [3.8, 4) is 11.1 Å². The lowest BCUT2D eigenvalue weighted by Gasteiger charge is -2.09. The molecular weight excluding hydrogens is 418 g/mol. The summed E-state index contributed by atoms with van der Waals surface area (Å²) in [5.41, 5.74) is 3.05. The number of rotatable bonds is 7. The van der Waals surface area contributed by atoms with Crippen LogP contribution in [0.1, 0.15) is 36.2 Å². The Balaban J connectivity index is 1.74. The maximum Gasteiger partial charge on any atom is 0.338 e. The minimum atomic E-state index is -1.05. The van der Waals surface area contributed by atoms with Crippen LogP contribution < -0.4 is 5.32 Å². The molecule has 0 aliphatic carbocycles. The third-order valence-corrected chi connectivity index (χ3v) is 5.29. The summed E-state index contributed by atoms with van der Waals surface area (Å²) in [6, 6.07) is 14.6. The fourth-order valence-corrected chi connectivity index (χ4v) is 3.74. The average molecular weight is 439 g/mol. The van der Waals surface area contributed by atoms with Crippen molar-refractivity contribution in [3.05, 3.63) is 59.7 Å². The first-order chi connectivity index (χ1) is 14.8. The van der Waals surface area contributed by atoms with Crippen LogP contribution in [0, 0.1) is 0 Å². The van der Waals surface area contributed by atoms with Gasteiger partial charge in [0, 0.05) is 5.56 Å². The molecule has 0 saturated carbocycles. The largest absolute Gasteiger partial charge is 0.481 e. The van der Waals surface area contributed by atoms with E-state index in [1.54, 1.807) is 32.2 Å². The van der Waals surface area contributed by atoms with Crippen LogP contribution in [0.25, 0.3) is 11.1 Å². The van der Waals surface area contributed by atoms with Crippen LogP contribution >= 0.6 is 11.8 Å². The van der Waals surface area contributed by atoms with E-state index in [-0.39, 0.29) is 23.7 Å². The molecule has 1 aliphatic rings. The van der Waals surface area contributed by atoms with Gasteiger partial charge in [-0.05, 0) is 37.1 Å². The van der Waals surface area contributed by atoms with Gasteiger partial charge >= 0.3 is 11.9 Å². The minimum Gasteiger partial charge on any atom is -0.481 e. The van der Waals surface area contributed by atoms with Gasteiger partial charge < -0.3 is 15.2 Å². The number of carbonyl (C=O) groups is 3. The molecule has 1 saturated heterocycles. The molecule has 9 heteroatoms. The highest BCUT2D eigenvalue weighted by molar-refractivity contribution is 8.15. The fraction of sp³-hybridized carbons (Fsp3) is 0.227.